The molecule has 0 amide bonds. The minimum Gasteiger partial charge on any atom is -0.484 e. The molecule has 0 unspecified atom stereocenters. The van der Waals surface area contributed by atoms with Crippen LogP contribution in [0.5, 0.6) is 5.75 Å². The Morgan fingerprint density at radius 2 is 2.16 bits per heavy atom. The third-order valence-electron chi connectivity index (χ3n) is 2.36. The van der Waals surface area contributed by atoms with Crippen LogP contribution in [-0.2, 0) is 6.61 Å². The van der Waals surface area contributed by atoms with E-state index in [-0.39, 0.29) is 16.8 Å². The fourth-order valence-corrected chi connectivity index (χ4v) is 2.02. The maximum atomic E-state index is 13.5. The van der Waals surface area contributed by atoms with E-state index in [9.17, 15) is 8.78 Å². The molecule has 0 aliphatic carbocycles. The summed E-state index contributed by atoms with van der Waals surface area (Å²) in [4.78, 5) is 3.99. The number of nitrogens with zero attached hydrogens (tertiary/aromatic N) is 1. The van der Waals surface area contributed by atoms with E-state index in [1.165, 1.54) is 0 Å². The molecule has 1 heterocycles. The number of anilines is 1. The van der Waals surface area contributed by atoms with E-state index >= 15 is 0 Å². The van der Waals surface area contributed by atoms with Crippen molar-refractivity contribution in [3.8, 4) is 5.75 Å². The predicted octanol–water partition coefficient (Wildman–Crippen LogP) is 2.99. The van der Waals surface area contributed by atoms with Crippen molar-refractivity contribution in [3.63, 3.8) is 0 Å². The summed E-state index contributed by atoms with van der Waals surface area (Å²) in [6, 6.07) is 5.32. The van der Waals surface area contributed by atoms with Gasteiger partial charge in [0, 0.05) is 17.8 Å². The molecule has 19 heavy (non-hydrogen) atoms. The molecule has 1 aromatic heterocycles. The number of halogens is 3. The second-order valence-electron chi connectivity index (χ2n) is 3.64. The van der Waals surface area contributed by atoms with Gasteiger partial charge in [-0.15, -0.1) is 0 Å². The molecule has 0 atom stereocenters. The van der Waals surface area contributed by atoms with Crippen LogP contribution in [0.15, 0.2) is 34.9 Å². The minimum atomic E-state index is -0.780. The summed E-state index contributed by atoms with van der Waals surface area (Å²) in [5, 5.41) is 0. The third kappa shape index (κ3) is 3.18. The molecule has 0 radical (unpaired) electrons. The van der Waals surface area contributed by atoms with Gasteiger partial charge in [0.2, 0.25) is 0 Å². The number of nitrogen functional groups attached to an aromatic ring is 1. The van der Waals surface area contributed by atoms with Crippen molar-refractivity contribution < 1.29 is 13.5 Å². The number of hydrogen-bond acceptors (Lipinski definition) is 4. The molecule has 0 fully saturated rings. The Hall–Kier alpha value is -1.73. The number of hydrogen-bond donors (Lipinski definition) is 2. The first kappa shape index (κ1) is 13.7. The maximum absolute atomic E-state index is 13.5. The van der Waals surface area contributed by atoms with Crippen molar-refractivity contribution in [1.29, 1.82) is 0 Å². The van der Waals surface area contributed by atoms with Crippen LogP contribution in [0.4, 0.5) is 14.6 Å². The number of pyridine rings is 1. The summed E-state index contributed by atoms with van der Waals surface area (Å²) in [5.41, 5.74) is 3.07. The summed E-state index contributed by atoms with van der Waals surface area (Å²) >= 11 is 3.05. The lowest BCUT2D eigenvalue weighted by Gasteiger charge is -2.11. The number of aromatic nitrogens is 1. The van der Waals surface area contributed by atoms with Crippen molar-refractivity contribution in [3.05, 3.63) is 52.1 Å². The van der Waals surface area contributed by atoms with Crippen LogP contribution < -0.4 is 16.0 Å². The van der Waals surface area contributed by atoms with Crippen molar-refractivity contribution in [1.82, 2.24) is 4.98 Å². The predicted molar refractivity (Wildman–Crippen MR) is 70.4 cm³/mol. The molecule has 0 saturated heterocycles. The molecule has 0 saturated carbocycles. The van der Waals surface area contributed by atoms with Crippen LogP contribution in [-0.4, -0.2) is 4.98 Å². The number of rotatable bonds is 4. The van der Waals surface area contributed by atoms with E-state index in [4.69, 9.17) is 10.6 Å². The van der Waals surface area contributed by atoms with Crippen LogP contribution >= 0.6 is 15.9 Å². The van der Waals surface area contributed by atoms with E-state index in [0.717, 1.165) is 12.1 Å². The van der Waals surface area contributed by atoms with Crippen LogP contribution in [0.2, 0.25) is 0 Å². The average Bonchev–Trinajstić information content (AvgIpc) is 2.38. The van der Waals surface area contributed by atoms with Gasteiger partial charge < -0.3 is 10.2 Å². The molecule has 100 valence electrons. The van der Waals surface area contributed by atoms with Gasteiger partial charge in [-0.25, -0.2) is 19.6 Å². The molecular formula is C12H10BrF2N3O. The van der Waals surface area contributed by atoms with Gasteiger partial charge in [0.1, 0.15) is 18.2 Å². The minimum absolute atomic E-state index is 0.0501. The number of hydrazine groups is 1. The van der Waals surface area contributed by atoms with E-state index in [0.29, 0.717) is 11.4 Å². The van der Waals surface area contributed by atoms with Gasteiger partial charge in [-0.05, 0) is 28.1 Å². The fourth-order valence-electron chi connectivity index (χ4n) is 1.50. The molecule has 1 aromatic carbocycles. The highest BCUT2D eigenvalue weighted by atomic mass is 79.9. The highest BCUT2D eigenvalue weighted by Gasteiger charge is 2.12. The van der Waals surface area contributed by atoms with Crippen molar-refractivity contribution in [2.24, 2.45) is 5.84 Å². The second kappa shape index (κ2) is 5.94. The number of nitrogens with two attached hydrogens (primary N) is 1. The normalized spacial score (nSPS) is 10.3. The van der Waals surface area contributed by atoms with Gasteiger partial charge in [-0.1, -0.05) is 6.07 Å². The smallest absolute Gasteiger partial charge is 0.169 e. The van der Waals surface area contributed by atoms with Gasteiger partial charge in [0.25, 0.3) is 0 Å². The van der Waals surface area contributed by atoms with E-state index in [2.05, 4.69) is 26.3 Å². The lowest BCUT2D eigenvalue weighted by atomic mass is 10.2. The Kier molecular flexibility index (Phi) is 4.28. The summed E-state index contributed by atoms with van der Waals surface area (Å²) in [7, 11) is 0. The zero-order valence-corrected chi connectivity index (χ0v) is 11.2. The molecule has 2 aromatic rings. The molecule has 3 N–H and O–H groups in total. The first-order valence-electron chi connectivity index (χ1n) is 5.29. The van der Waals surface area contributed by atoms with Gasteiger partial charge in [0.15, 0.2) is 11.6 Å². The largest absolute Gasteiger partial charge is 0.484 e. The maximum Gasteiger partial charge on any atom is 0.169 e. The Morgan fingerprint density at radius 3 is 2.84 bits per heavy atom. The Balaban J connectivity index is 2.19. The van der Waals surface area contributed by atoms with Crippen molar-refractivity contribution in [2.75, 3.05) is 5.43 Å². The van der Waals surface area contributed by atoms with Crippen LogP contribution in [0.25, 0.3) is 0 Å². The molecule has 7 heteroatoms. The highest BCUT2D eigenvalue weighted by molar-refractivity contribution is 9.10. The van der Waals surface area contributed by atoms with Gasteiger partial charge >= 0.3 is 0 Å². The van der Waals surface area contributed by atoms with Gasteiger partial charge in [-0.2, -0.15) is 0 Å². The quantitative estimate of drug-likeness (QED) is 0.668. The van der Waals surface area contributed by atoms with E-state index < -0.39 is 11.6 Å². The molecule has 0 aliphatic rings. The number of ether oxygens (including phenoxy) is 1. The topological polar surface area (TPSA) is 60.2 Å². The van der Waals surface area contributed by atoms with Crippen molar-refractivity contribution >= 4 is 21.7 Å². The van der Waals surface area contributed by atoms with Crippen molar-refractivity contribution in [2.45, 2.75) is 6.61 Å². The number of nitrogens with one attached hydrogen (secondary N) is 1. The average molecular weight is 330 g/mol. The summed E-state index contributed by atoms with van der Waals surface area (Å²) < 4.78 is 32.0. The molecule has 0 aliphatic heterocycles. The van der Waals surface area contributed by atoms with E-state index in [1.54, 1.807) is 18.3 Å². The third-order valence-corrected chi connectivity index (χ3v) is 2.95. The molecule has 2 rings (SSSR count). The zero-order chi connectivity index (χ0) is 13.8. The Bertz CT molecular complexity index is 572. The summed E-state index contributed by atoms with van der Waals surface area (Å²) in [5.74, 6) is 4.21. The van der Waals surface area contributed by atoms with Crippen LogP contribution in [0.3, 0.4) is 0 Å². The summed E-state index contributed by atoms with van der Waals surface area (Å²) in [6.45, 7) is 0.0501. The first-order valence-corrected chi connectivity index (χ1v) is 6.09. The molecular weight excluding hydrogens is 320 g/mol. The first-order chi connectivity index (χ1) is 9.11. The van der Waals surface area contributed by atoms with Gasteiger partial charge in [-0.3, -0.25) is 0 Å². The molecule has 0 spiro atoms. The fraction of sp³-hybridized carbons (Fsp3) is 0.0833. The second-order valence-corrected chi connectivity index (χ2v) is 4.50. The lowest BCUT2D eigenvalue weighted by molar-refractivity contribution is 0.287. The SMILES string of the molecule is NNc1ncccc1COc1c(F)cc(F)cc1Br. The molecule has 4 nitrogen and oxygen atoms in total. The zero-order valence-electron chi connectivity index (χ0n) is 9.66. The van der Waals surface area contributed by atoms with E-state index in [1.807, 2.05) is 0 Å². The summed E-state index contributed by atoms with van der Waals surface area (Å²) in [6.07, 6.45) is 1.56. The lowest BCUT2D eigenvalue weighted by Crippen LogP contribution is -2.12. The van der Waals surface area contributed by atoms with Gasteiger partial charge in [0.05, 0.1) is 4.47 Å². The monoisotopic (exact) mass is 329 g/mol. The number of benzene rings is 1. The Labute approximate surface area is 116 Å². The Morgan fingerprint density at radius 1 is 1.37 bits per heavy atom. The molecule has 0 bridgehead atoms. The highest BCUT2D eigenvalue weighted by Crippen LogP contribution is 2.30. The van der Waals surface area contributed by atoms with Crippen LogP contribution in [0, 0.1) is 11.6 Å². The van der Waals surface area contributed by atoms with Crippen LogP contribution in [0.1, 0.15) is 5.56 Å². The standard InChI is InChI=1S/C12H10BrF2N3O/c13-9-4-8(14)5-10(15)11(9)19-6-7-2-1-3-17-12(7)18-16/h1-5H,6,16H2,(H,17,18).